The summed E-state index contributed by atoms with van der Waals surface area (Å²) in [5, 5.41) is 5.49. The smallest absolute Gasteiger partial charge is 0.306 e. The zero-order valence-corrected chi connectivity index (χ0v) is 14.9. The molecule has 0 spiro atoms. The minimum atomic E-state index is -0.452. The molecule has 0 aromatic heterocycles. The van der Waals surface area contributed by atoms with Crippen molar-refractivity contribution in [3.8, 4) is 0 Å². The van der Waals surface area contributed by atoms with Crippen LogP contribution in [0.1, 0.15) is 36.0 Å². The van der Waals surface area contributed by atoms with E-state index in [-0.39, 0.29) is 29.8 Å². The molecule has 2 N–H and O–H groups in total. The first kappa shape index (κ1) is 18.9. The van der Waals surface area contributed by atoms with E-state index in [2.05, 4.69) is 15.4 Å². The Balaban J connectivity index is 1.81. The quantitative estimate of drug-likeness (QED) is 0.611. The van der Waals surface area contributed by atoms with Gasteiger partial charge >= 0.3 is 5.97 Å². The fourth-order valence-corrected chi connectivity index (χ4v) is 2.70. The average Bonchev–Trinajstić information content (AvgIpc) is 3.14. The third-order valence-corrected chi connectivity index (χ3v) is 4.02. The number of carbonyl (C=O) groups excluding carboxylic acids is 3. The summed E-state index contributed by atoms with van der Waals surface area (Å²) < 4.78 is 4.47. The van der Waals surface area contributed by atoms with E-state index in [4.69, 9.17) is 12.2 Å². The lowest BCUT2D eigenvalue weighted by atomic mass is 10.2. The number of ether oxygens (including phenoxy) is 1. The summed E-state index contributed by atoms with van der Waals surface area (Å²) in [6, 6.07) is 6.92. The zero-order valence-electron chi connectivity index (χ0n) is 14.0. The van der Waals surface area contributed by atoms with E-state index >= 15 is 0 Å². The van der Waals surface area contributed by atoms with Crippen molar-refractivity contribution in [1.82, 2.24) is 10.2 Å². The molecule has 0 radical (unpaired) electrons. The fourth-order valence-electron chi connectivity index (χ4n) is 2.47. The van der Waals surface area contributed by atoms with Gasteiger partial charge in [0.15, 0.2) is 5.11 Å². The predicted molar refractivity (Wildman–Crippen MR) is 97.2 cm³/mol. The standard InChI is InChI=1S/C17H21N3O4S/c1-24-15(22)9-8-14(21)19-17(25)18-13-6-4-12(5-7-13)16(23)20-10-2-3-11-20/h4-7H,2-3,8-11H2,1H3,(H2,18,19,21,25). The van der Waals surface area contributed by atoms with Crippen molar-refractivity contribution in [2.24, 2.45) is 0 Å². The molecular weight excluding hydrogens is 342 g/mol. The second-order valence-corrected chi connectivity index (χ2v) is 6.06. The van der Waals surface area contributed by atoms with Gasteiger partial charge in [-0.1, -0.05) is 0 Å². The summed E-state index contributed by atoms with van der Waals surface area (Å²) in [4.78, 5) is 36.8. The van der Waals surface area contributed by atoms with Crippen molar-refractivity contribution < 1.29 is 19.1 Å². The molecule has 1 saturated heterocycles. The number of hydrogen-bond donors (Lipinski definition) is 2. The van der Waals surface area contributed by atoms with Crippen molar-refractivity contribution >= 4 is 40.8 Å². The van der Waals surface area contributed by atoms with Crippen molar-refractivity contribution in [2.45, 2.75) is 25.7 Å². The van der Waals surface area contributed by atoms with Crippen molar-refractivity contribution in [3.63, 3.8) is 0 Å². The number of rotatable bonds is 5. The van der Waals surface area contributed by atoms with Crippen LogP contribution in [-0.4, -0.2) is 48.0 Å². The number of nitrogens with one attached hydrogen (secondary N) is 2. The lowest BCUT2D eigenvalue weighted by molar-refractivity contribution is -0.142. The van der Waals surface area contributed by atoms with E-state index in [9.17, 15) is 14.4 Å². The molecule has 2 amide bonds. The van der Waals surface area contributed by atoms with Gasteiger partial charge in [-0.05, 0) is 49.3 Å². The molecule has 1 aliphatic heterocycles. The molecular formula is C17H21N3O4S. The molecule has 25 heavy (non-hydrogen) atoms. The highest BCUT2D eigenvalue weighted by molar-refractivity contribution is 7.80. The van der Waals surface area contributed by atoms with E-state index in [1.807, 2.05) is 4.90 Å². The largest absolute Gasteiger partial charge is 0.469 e. The topological polar surface area (TPSA) is 87.7 Å². The Kier molecular flexibility index (Phi) is 6.88. The lowest BCUT2D eigenvalue weighted by Gasteiger charge is -2.15. The van der Waals surface area contributed by atoms with Gasteiger partial charge in [0.1, 0.15) is 0 Å². The molecule has 0 saturated carbocycles. The van der Waals surface area contributed by atoms with Gasteiger partial charge in [-0.25, -0.2) is 0 Å². The molecule has 0 atom stereocenters. The lowest BCUT2D eigenvalue weighted by Crippen LogP contribution is -2.34. The van der Waals surface area contributed by atoms with Gasteiger partial charge in [0.05, 0.1) is 13.5 Å². The molecule has 1 aliphatic rings. The van der Waals surface area contributed by atoms with Gasteiger partial charge in [-0.15, -0.1) is 0 Å². The molecule has 0 bridgehead atoms. The van der Waals surface area contributed by atoms with Gasteiger partial charge in [-0.3, -0.25) is 14.4 Å². The Hall–Kier alpha value is -2.48. The summed E-state index contributed by atoms with van der Waals surface area (Å²) in [5.74, 6) is -0.793. The Labute approximate surface area is 151 Å². The zero-order chi connectivity index (χ0) is 18.2. The fraction of sp³-hybridized carbons (Fsp3) is 0.412. The first-order valence-corrected chi connectivity index (χ1v) is 8.47. The van der Waals surface area contributed by atoms with Crippen LogP contribution >= 0.6 is 12.2 Å². The first-order valence-electron chi connectivity index (χ1n) is 8.06. The Morgan fingerprint density at radius 2 is 1.76 bits per heavy atom. The van der Waals surface area contributed by atoms with Gasteiger partial charge in [0.25, 0.3) is 5.91 Å². The normalized spacial score (nSPS) is 13.2. The van der Waals surface area contributed by atoms with Crippen LogP contribution < -0.4 is 10.6 Å². The average molecular weight is 363 g/mol. The second-order valence-electron chi connectivity index (χ2n) is 5.66. The SMILES string of the molecule is COC(=O)CCC(=O)NC(=S)Nc1ccc(C(=O)N2CCCC2)cc1. The minimum Gasteiger partial charge on any atom is -0.469 e. The highest BCUT2D eigenvalue weighted by Gasteiger charge is 2.19. The number of likely N-dealkylation sites (tertiary alicyclic amines) is 1. The molecule has 8 heteroatoms. The number of amides is 2. The third kappa shape index (κ3) is 5.82. The van der Waals surface area contributed by atoms with Crippen LogP contribution in [0.3, 0.4) is 0 Å². The van der Waals surface area contributed by atoms with E-state index in [0.717, 1.165) is 25.9 Å². The summed E-state index contributed by atoms with van der Waals surface area (Å²) in [7, 11) is 1.27. The van der Waals surface area contributed by atoms with Crippen molar-refractivity contribution in [3.05, 3.63) is 29.8 Å². The Morgan fingerprint density at radius 3 is 2.36 bits per heavy atom. The molecule has 0 unspecified atom stereocenters. The number of esters is 1. The van der Waals surface area contributed by atoms with Gasteiger partial charge in [0, 0.05) is 30.8 Å². The van der Waals surface area contributed by atoms with Gasteiger partial charge < -0.3 is 20.3 Å². The Morgan fingerprint density at radius 1 is 1.12 bits per heavy atom. The number of methoxy groups -OCH3 is 1. The van der Waals surface area contributed by atoms with Gasteiger partial charge in [-0.2, -0.15) is 0 Å². The van der Waals surface area contributed by atoms with Gasteiger partial charge in [0.2, 0.25) is 5.91 Å². The number of carbonyl (C=O) groups is 3. The molecule has 0 aliphatic carbocycles. The number of hydrogen-bond acceptors (Lipinski definition) is 5. The minimum absolute atomic E-state index is 0.00173. The highest BCUT2D eigenvalue weighted by atomic mass is 32.1. The van der Waals surface area contributed by atoms with Crippen LogP contribution in [0.2, 0.25) is 0 Å². The van der Waals surface area contributed by atoms with E-state index < -0.39 is 5.97 Å². The van der Waals surface area contributed by atoms with E-state index in [1.165, 1.54) is 7.11 Å². The van der Waals surface area contributed by atoms with Crippen LogP contribution in [0.15, 0.2) is 24.3 Å². The molecule has 1 aromatic rings. The highest BCUT2D eigenvalue weighted by Crippen LogP contribution is 2.15. The number of anilines is 1. The Bertz CT molecular complexity index is 654. The van der Waals surface area contributed by atoms with E-state index in [1.54, 1.807) is 24.3 Å². The number of benzene rings is 1. The maximum absolute atomic E-state index is 12.3. The van der Waals surface area contributed by atoms with Crippen LogP contribution in [0.25, 0.3) is 0 Å². The molecule has 2 rings (SSSR count). The van der Waals surface area contributed by atoms with Crippen molar-refractivity contribution in [2.75, 3.05) is 25.5 Å². The summed E-state index contributed by atoms with van der Waals surface area (Å²) in [6.45, 7) is 1.61. The van der Waals surface area contributed by atoms with Crippen LogP contribution in [0.5, 0.6) is 0 Å². The summed E-state index contributed by atoms with van der Waals surface area (Å²) >= 11 is 5.06. The summed E-state index contributed by atoms with van der Waals surface area (Å²) in [5.41, 5.74) is 1.29. The third-order valence-electron chi connectivity index (χ3n) is 3.82. The number of thiocarbonyl (C=S) groups is 1. The van der Waals surface area contributed by atoms with E-state index in [0.29, 0.717) is 11.3 Å². The number of nitrogens with zero attached hydrogens (tertiary/aromatic N) is 1. The van der Waals surface area contributed by atoms with Crippen LogP contribution in [0, 0.1) is 0 Å². The maximum atomic E-state index is 12.3. The monoisotopic (exact) mass is 363 g/mol. The second kappa shape index (κ2) is 9.12. The van der Waals surface area contributed by atoms with Crippen LogP contribution in [-0.2, 0) is 14.3 Å². The molecule has 134 valence electrons. The summed E-state index contributed by atoms with van der Waals surface area (Å²) in [6.07, 6.45) is 2.10. The molecule has 1 fully saturated rings. The van der Waals surface area contributed by atoms with Crippen LogP contribution in [0.4, 0.5) is 5.69 Å². The maximum Gasteiger partial charge on any atom is 0.306 e. The van der Waals surface area contributed by atoms with Crippen molar-refractivity contribution in [1.29, 1.82) is 0 Å². The predicted octanol–water partition coefficient (Wildman–Crippen LogP) is 1.69. The molecule has 1 heterocycles. The molecule has 7 nitrogen and oxygen atoms in total. The molecule has 1 aromatic carbocycles. The first-order chi connectivity index (χ1) is 12.0.